The minimum absolute atomic E-state index is 0.747. The van der Waals surface area contributed by atoms with Gasteiger partial charge in [-0.05, 0) is 84.6 Å². The highest BCUT2D eigenvalue weighted by Gasteiger charge is 2.03. The van der Waals surface area contributed by atoms with Crippen molar-refractivity contribution in [3.8, 4) is 35.5 Å². The Kier molecular flexibility index (Phi) is 9.09. The van der Waals surface area contributed by atoms with Crippen molar-refractivity contribution in [3.63, 3.8) is 0 Å². The molecule has 0 saturated carbocycles. The third-order valence-electron chi connectivity index (χ3n) is 5.97. The Balaban J connectivity index is 1.58. The first kappa shape index (κ1) is 25.7. The predicted octanol–water partition coefficient (Wildman–Crippen LogP) is 6.58. The van der Waals surface area contributed by atoms with E-state index in [1.807, 2.05) is 54.6 Å². The molecule has 0 fully saturated rings. The van der Waals surface area contributed by atoms with E-state index in [9.17, 15) is 0 Å². The third kappa shape index (κ3) is 7.55. The molecule has 0 aliphatic heterocycles. The molecule has 0 heterocycles. The van der Waals surface area contributed by atoms with E-state index >= 15 is 0 Å². The molecule has 0 atom stereocenters. The fraction of sp³-hybridized carbons (Fsp3) is 0.167. The summed E-state index contributed by atoms with van der Waals surface area (Å²) in [6.07, 6.45) is 4.07. The summed E-state index contributed by atoms with van der Waals surface area (Å²) in [6.45, 7) is 4.38. The zero-order valence-electron chi connectivity index (χ0n) is 21.6. The quantitative estimate of drug-likeness (QED) is 0.232. The molecule has 4 aromatic rings. The van der Waals surface area contributed by atoms with Gasteiger partial charge in [0.2, 0.25) is 0 Å². The van der Waals surface area contributed by atoms with Crippen LogP contribution in [0.5, 0.6) is 0 Å². The Morgan fingerprint density at radius 1 is 0.486 bits per heavy atom. The summed E-state index contributed by atoms with van der Waals surface area (Å²) in [7, 11) is 5.78. The van der Waals surface area contributed by atoms with Gasteiger partial charge in [0.15, 0.2) is 0 Å². The van der Waals surface area contributed by atoms with Gasteiger partial charge in [0.1, 0.15) is 7.85 Å². The standard InChI is InChI=1S/C36H29B/c1-3-8-34-26-30(16-22-32(34)20-14-28-10-6-5-7-11-28)12-13-31-17-23-33(35(27-31)9-4-2)21-15-29-18-24-36(37)25-19-29/h5-7,10-11,16-19,22-27H,3-4,8-9H2,1-2H3. The van der Waals surface area contributed by atoms with Gasteiger partial charge in [-0.2, -0.15) is 0 Å². The van der Waals surface area contributed by atoms with Gasteiger partial charge in [-0.15, -0.1) is 0 Å². The molecule has 37 heavy (non-hydrogen) atoms. The second-order valence-corrected chi connectivity index (χ2v) is 8.98. The number of hydrogen-bond acceptors (Lipinski definition) is 0. The number of aryl methyl sites for hydroxylation is 2. The van der Waals surface area contributed by atoms with E-state index in [0.29, 0.717) is 0 Å². The van der Waals surface area contributed by atoms with E-state index in [1.54, 1.807) is 0 Å². The molecule has 0 aliphatic carbocycles. The molecule has 0 aliphatic rings. The smallest absolute Gasteiger partial charge is 0.0966 e. The molecular formula is C36H29B. The zero-order valence-corrected chi connectivity index (χ0v) is 21.6. The maximum absolute atomic E-state index is 5.78. The van der Waals surface area contributed by atoms with E-state index in [1.165, 1.54) is 11.1 Å². The summed E-state index contributed by atoms with van der Waals surface area (Å²) in [6, 6.07) is 30.5. The van der Waals surface area contributed by atoms with E-state index in [2.05, 4.69) is 85.8 Å². The van der Waals surface area contributed by atoms with Gasteiger partial charge in [-0.1, -0.05) is 98.0 Å². The van der Waals surface area contributed by atoms with Gasteiger partial charge in [0.05, 0.1) is 0 Å². The molecule has 0 amide bonds. The lowest BCUT2D eigenvalue weighted by Crippen LogP contribution is -1.99. The second kappa shape index (κ2) is 13.1. The number of benzene rings is 4. The maximum Gasteiger partial charge on any atom is 0.113 e. The number of hydrogen-bond donors (Lipinski definition) is 0. The fourth-order valence-electron chi connectivity index (χ4n) is 4.05. The Hall–Kier alpha value is -4.38. The van der Waals surface area contributed by atoms with Crippen LogP contribution in [0.2, 0.25) is 0 Å². The fourth-order valence-corrected chi connectivity index (χ4v) is 4.05. The molecule has 4 aromatic carbocycles. The van der Waals surface area contributed by atoms with Gasteiger partial charge in [-0.25, -0.2) is 0 Å². The molecule has 0 saturated heterocycles. The van der Waals surface area contributed by atoms with Crippen LogP contribution in [0.4, 0.5) is 0 Å². The van der Waals surface area contributed by atoms with Gasteiger partial charge in [0.25, 0.3) is 0 Å². The van der Waals surface area contributed by atoms with Gasteiger partial charge in [0, 0.05) is 33.4 Å². The van der Waals surface area contributed by atoms with Gasteiger partial charge < -0.3 is 0 Å². The van der Waals surface area contributed by atoms with Crippen molar-refractivity contribution < 1.29 is 0 Å². The monoisotopic (exact) mass is 472 g/mol. The maximum atomic E-state index is 5.78. The molecule has 0 bridgehead atoms. The summed E-state index contributed by atoms with van der Waals surface area (Å²) in [5.74, 6) is 20.0. The summed E-state index contributed by atoms with van der Waals surface area (Å²) in [4.78, 5) is 0. The summed E-state index contributed by atoms with van der Waals surface area (Å²) in [5, 5.41) is 0. The molecule has 4 rings (SSSR count). The summed E-state index contributed by atoms with van der Waals surface area (Å²) < 4.78 is 0. The van der Waals surface area contributed by atoms with E-state index in [0.717, 1.165) is 64.5 Å². The molecule has 0 nitrogen and oxygen atoms in total. The van der Waals surface area contributed by atoms with Crippen molar-refractivity contribution in [3.05, 3.63) is 136 Å². The van der Waals surface area contributed by atoms with Crippen molar-refractivity contribution in [2.75, 3.05) is 0 Å². The molecule has 0 aromatic heterocycles. The largest absolute Gasteiger partial charge is 0.113 e. The van der Waals surface area contributed by atoms with Crippen molar-refractivity contribution in [2.45, 2.75) is 39.5 Å². The molecule has 1 heteroatoms. The first-order chi connectivity index (χ1) is 18.1. The van der Waals surface area contributed by atoms with Crippen LogP contribution in [0.25, 0.3) is 0 Å². The van der Waals surface area contributed by atoms with E-state index < -0.39 is 0 Å². The lowest BCUT2D eigenvalue weighted by atomic mass is 9.95. The Bertz CT molecular complexity index is 1540. The Labute approximate surface area is 223 Å². The minimum atomic E-state index is 0.747. The highest BCUT2D eigenvalue weighted by molar-refractivity contribution is 6.32. The van der Waals surface area contributed by atoms with Crippen LogP contribution in [0.15, 0.2) is 91.0 Å². The van der Waals surface area contributed by atoms with Crippen LogP contribution < -0.4 is 5.46 Å². The highest BCUT2D eigenvalue weighted by Crippen LogP contribution is 2.16. The van der Waals surface area contributed by atoms with Crippen LogP contribution in [-0.4, -0.2) is 7.85 Å². The van der Waals surface area contributed by atoms with Crippen molar-refractivity contribution in [2.24, 2.45) is 0 Å². The van der Waals surface area contributed by atoms with Crippen molar-refractivity contribution >= 4 is 13.3 Å². The first-order valence-electron chi connectivity index (χ1n) is 12.9. The Morgan fingerprint density at radius 3 is 1.41 bits per heavy atom. The average Bonchev–Trinajstić information content (AvgIpc) is 2.93. The molecule has 176 valence electrons. The van der Waals surface area contributed by atoms with Gasteiger partial charge in [-0.3, -0.25) is 0 Å². The van der Waals surface area contributed by atoms with Crippen LogP contribution in [0.1, 0.15) is 71.2 Å². The van der Waals surface area contributed by atoms with E-state index in [-0.39, 0.29) is 0 Å². The SMILES string of the molecule is [B]c1ccc(C#Cc2ccc(C#Cc3ccc(C#Cc4ccccc4)c(CCC)c3)cc2CCC)cc1. The van der Waals surface area contributed by atoms with Crippen LogP contribution in [0, 0.1) is 35.5 Å². The zero-order chi connectivity index (χ0) is 25.9. The Morgan fingerprint density at radius 2 is 0.919 bits per heavy atom. The van der Waals surface area contributed by atoms with Crippen LogP contribution >= 0.6 is 0 Å². The van der Waals surface area contributed by atoms with Crippen molar-refractivity contribution in [1.82, 2.24) is 0 Å². The van der Waals surface area contributed by atoms with Gasteiger partial charge >= 0.3 is 0 Å². The van der Waals surface area contributed by atoms with Crippen LogP contribution in [0.3, 0.4) is 0 Å². The summed E-state index contributed by atoms with van der Waals surface area (Å²) >= 11 is 0. The average molecular weight is 472 g/mol. The number of rotatable bonds is 4. The second-order valence-electron chi connectivity index (χ2n) is 8.98. The first-order valence-corrected chi connectivity index (χ1v) is 12.9. The minimum Gasteiger partial charge on any atom is -0.0966 e. The highest BCUT2D eigenvalue weighted by atomic mass is 14.1. The third-order valence-corrected chi connectivity index (χ3v) is 5.97. The lowest BCUT2D eigenvalue weighted by molar-refractivity contribution is 0.918. The molecule has 2 radical (unpaired) electrons. The molecule has 0 spiro atoms. The topological polar surface area (TPSA) is 0 Å². The summed E-state index contributed by atoms with van der Waals surface area (Å²) in [5.41, 5.74) is 9.36. The lowest BCUT2D eigenvalue weighted by Gasteiger charge is -2.05. The molecule has 0 N–H and O–H groups in total. The molecular weight excluding hydrogens is 443 g/mol. The molecule has 0 unspecified atom stereocenters. The van der Waals surface area contributed by atoms with Crippen molar-refractivity contribution in [1.29, 1.82) is 0 Å². The predicted molar refractivity (Wildman–Crippen MR) is 157 cm³/mol. The normalized spacial score (nSPS) is 9.78. The van der Waals surface area contributed by atoms with Crippen LogP contribution in [-0.2, 0) is 12.8 Å². The van der Waals surface area contributed by atoms with E-state index in [4.69, 9.17) is 7.85 Å².